The molecule has 98 valence electrons. The number of amides is 2. The van der Waals surface area contributed by atoms with Crippen LogP contribution in [0.1, 0.15) is 25.8 Å². The van der Waals surface area contributed by atoms with Crippen LogP contribution >= 0.6 is 0 Å². The Morgan fingerprint density at radius 1 is 1.22 bits per heavy atom. The number of primary amides is 1. The number of carbonyl (C=O) groups is 2. The fraction of sp³-hybridized carbons (Fsp3) is 0.429. The molecule has 4 heteroatoms. The molecule has 0 aliphatic heterocycles. The number of rotatable bonds is 6. The van der Waals surface area contributed by atoms with Crippen LogP contribution in [-0.4, -0.2) is 17.9 Å². The Bertz CT molecular complexity index is 402. The number of hydrogen-bond acceptors (Lipinski definition) is 2. The highest BCUT2D eigenvalue weighted by Gasteiger charge is 2.19. The maximum absolute atomic E-state index is 11.8. The van der Waals surface area contributed by atoms with Crippen molar-refractivity contribution in [2.45, 2.75) is 32.7 Å². The SMILES string of the molecule is CC(C)C[C@@H](NC(=O)Cc1ccccc1)C(N)=O. The van der Waals surface area contributed by atoms with Crippen molar-refractivity contribution in [3.63, 3.8) is 0 Å². The normalized spacial score (nSPS) is 12.2. The zero-order chi connectivity index (χ0) is 13.5. The van der Waals surface area contributed by atoms with Gasteiger partial charge in [0.2, 0.25) is 11.8 Å². The molecule has 0 aromatic heterocycles. The second kappa shape index (κ2) is 6.79. The fourth-order valence-corrected chi connectivity index (χ4v) is 1.74. The molecule has 0 aliphatic carbocycles. The predicted molar refractivity (Wildman–Crippen MR) is 70.7 cm³/mol. The molecule has 0 aliphatic rings. The first-order chi connectivity index (χ1) is 8.49. The van der Waals surface area contributed by atoms with Crippen LogP contribution in [0.25, 0.3) is 0 Å². The summed E-state index contributed by atoms with van der Waals surface area (Å²) < 4.78 is 0. The van der Waals surface area contributed by atoms with Gasteiger partial charge in [-0.05, 0) is 17.9 Å². The summed E-state index contributed by atoms with van der Waals surface area (Å²) in [5, 5.41) is 2.68. The van der Waals surface area contributed by atoms with Gasteiger partial charge in [-0.15, -0.1) is 0 Å². The smallest absolute Gasteiger partial charge is 0.240 e. The number of benzene rings is 1. The van der Waals surface area contributed by atoms with Gasteiger partial charge in [-0.2, -0.15) is 0 Å². The average molecular weight is 248 g/mol. The molecule has 1 aromatic rings. The van der Waals surface area contributed by atoms with Crippen molar-refractivity contribution in [3.8, 4) is 0 Å². The molecule has 0 saturated carbocycles. The molecule has 2 amide bonds. The van der Waals surface area contributed by atoms with Crippen molar-refractivity contribution in [2.75, 3.05) is 0 Å². The summed E-state index contributed by atoms with van der Waals surface area (Å²) in [4.78, 5) is 23.0. The third kappa shape index (κ3) is 4.99. The highest BCUT2D eigenvalue weighted by Crippen LogP contribution is 2.05. The van der Waals surface area contributed by atoms with E-state index in [1.54, 1.807) is 0 Å². The number of nitrogens with one attached hydrogen (secondary N) is 1. The summed E-state index contributed by atoms with van der Waals surface area (Å²) in [6.45, 7) is 3.97. The van der Waals surface area contributed by atoms with Crippen molar-refractivity contribution in [1.29, 1.82) is 0 Å². The second-order valence-corrected chi connectivity index (χ2v) is 4.81. The predicted octanol–water partition coefficient (Wildman–Crippen LogP) is 1.25. The van der Waals surface area contributed by atoms with Gasteiger partial charge in [-0.3, -0.25) is 9.59 Å². The fourth-order valence-electron chi connectivity index (χ4n) is 1.74. The van der Waals surface area contributed by atoms with Crippen LogP contribution < -0.4 is 11.1 Å². The molecule has 0 radical (unpaired) electrons. The minimum atomic E-state index is -0.582. The minimum absolute atomic E-state index is 0.175. The van der Waals surface area contributed by atoms with E-state index in [0.717, 1.165) is 5.56 Å². The topological polar surface area (TPSA) is 72.2 Å². The Morgan fingerprint density at radius 2 is 1.83 bits per heavy atom. The summed E-state index contributed by atoms with van der Waals surface area (Å²) in [5.74, 6) is -0.352. The second-order valence-electron chi connectivity index (χ2n) is 4.81. The van der Waals surface area contributed by atoms with E-state index in [1.807, 2.05) is 44.2 Å². The third-order valence-electron chi connectivity index (χ3n) is 2.59. The lowest BCUT2D eigenvalue weighted by molar-refractivity contribution is -0.127. The Kier molecular flexibility index (Phi) is 5.36. The van der Waals surface area contributed by atoms with Crippen LogP contribution in [0.15, 0.2) is 30.3 Å². The molecule has 18 heavy (non-hydrogen) atoms. The first-order valence-electron chi connectivity index (χ1n) is 6.11. The number of nitrogens with two attached hydrogens (primary N) is 1. The molecule has 0 saturated heterocycles. The zero-order valence-corrected chi connectivity index (χ0v) is 10.8. The summed E-state index contributed by atoms with van der Waals surface area (Å²) in [6, 6.07) is 8.82. The van der Waals surface area contributed by atoms with Crippen LogP contribution in [-0.2, 0) is 16.0 Å². The van der Waals surface area contributed by atoms with Crippen molar-refractivity contribution in [1.82, 2.24) is 5.32 Å². The number of carbonyl (C=O) groups excluding carboxylic acids is 2. The summed E-state index contributed by atoms with van der Waals surface area (Å²) >= 11 is 0. The molecule has 1 atom stereocenters. The van der Waals surface area contributed by atoms with Crippen LogP contribution in [0.5, 0.6) is 0 Å². The van der Waals surface area contributed by atoms with E-state index in [4.69, 9.17) is 5.73 Å². The van der Waals surface area contributed by atoms with Gasteiger partial charge in [-0.25, -0.2) is 0 Å². The van der Waals surface area contributed by atoms with Gasteiger partial charge in [0.05, 0.1) is 6.42 Å². The van der Waals surface area contributed by atoms with E-state index < -0.39 is 11.9 Å². The first kappa shape index (κ1) is 14.2. The Balaban J connectivity index is 2.54. The van der Waals surface area contributed by atoms with Crippen LogP contribution in [0.2, 0.25) is 0 Å². The largest absolute Gasteiger partial charge is 0.368 e. The standard InChI is InChI=1S/C14H20N2O2/c1-10(2)8-12(14(15)18)16-13(17)9-11-6-4-3-5-7-11/h3-7,10,12H,8-9H2,1-2H3,(H2,15,18)(H,16,17)/t12-/m1/s1. The first-order valence-corrected chi connectivity index (χ1v) is 6.11. The van der Waals surface area contributed by atoms with Crippen molar-refractivity contribution < 1.29 is 9.59 Å². The van der Waals surface area contributed by atoms with E-state index in [1.165, 1.54) is 0 Å². The molecule has 0 fully saturated rings. The Labute approximate surface area is 108 Å². The van der Waals surface area contributed by atoms with E-state index in [9.17, 15) is 9.59 Å². The van der Waals surface area contributed by atoms with Crippen LogP contribution in [0, 0.1) is 5.92 Å². The summed E-state index contributed by atoms with van der Waals surface area (Å²) in [6.07, 6.45) is 0.832. The molecule has 0 unspecified atom stereocenters. The zero-order valence-electron chi connectivity index (χ0n) is 10.8. The van der Waals surface area contributed by atoms with Crippen molar-refractivity contribution >= 4 is 11.8 Å². The molecular weight excluding hydrogens is 228 g/mol. The molecule has 3 N–H and O–H groups in total. The molecule has 0 bridgehead atoms. The lowest BCUT2D eigenvalue weighted by atomic mass is 10.0. The van der Waals surface area contributed by atoms with E-state index in [-0.39, 0.29) is 12.3 Å². The molecule has 4 nitrogen and oxygen atoms in total. The van der Waals surface area contributed by atoms with E-state index >= 15 is 0 Å². The minimum Gasteiger partial charge on any atom is -0.368 e. The van der Waals surface area contributed by atoms with Crippen molar-refractivity contribution in [2.24, 2.45) is 11.7 Å². The third-order valence-corrected chi connectivity index (χ3v) is 2.59. The average Bonchev–Trinajstić information content (AvgIpc) is 2.28. The molecular formula is C14H20N2O2. The molecule has 0 heterocycles. The summed E-state index contributed by atoms with van der Waals surface area (Å²) in [7, 11) is 0. The van der Waals surface area contributed by atoms with Gasteiger partial charge in [-0.1, -0.05) is 44.2 Å². The van der Waals surface area contributed by atoms with Gasteiger partial charge < -0.3 is 11.1 Å². The van der Waals surface area contributed by atoms with Gasteiger partial charge in [0, 0.05) is 0 Å². The van der Waals surface area contributed by atoms with Gasteiger partial charge in [0.1, 0.15) is 6.04 Å². The highest BCUT2D eigenvalue weighted by atomic mass is 16.2. The Morgan fingerprint density at radius 3 is 2.33 bits per heavy atom. The maximum atomic E-state index is 11.8. The molecule has 1 aromatic carbocycles. The van der Waals surface area contributed by atoms with Gasteiger partial charge in [0.15, 0.2) is 0 Å². The molecule has 0 spiro atoms. The van der Waals surface area contributed by atoms with Gasteiger partial charge >= 0.3 is 0 Å². The monoisotopic (exact) mass is 248 g/mol. The number of hydrogen-bond donors (Lipinski definition) is 2. The van der Waals surface area contributed by atoms with E-state index in [0.29, 0.717) is 12.3 Å². The maximum Gasteiger partial charge on any atom is 0.240 e. The lowest BCUT2D eigenvalue weighted by Gasteiger charge is -2.17. The van der Waals surface area contributed by atoms with E-state index in [2.05, 4.69) is 5.32 Å². The Hall–Kier alpha value is -1.84. The lowest BCUT2D eigenvalue weighted by Crippen LogP contribution is -2.45. The molecule has 1 rings (SSSR count). The quantitative estimate of drug-likeness (QED) is 0.795. The van der Waals surface area contributed by atoms with Crippen molar-refractivity contribution in [3.05, 3.63) is 35.9 Å². The highest BCUT2D eigenvalue weighted by molar-refractivity contribution is 5.87. The van der Waals surface area contributed by atoms with Crippen LogP contribution in [0.3, 0.4) is 0 Å². The van der Waals surface area contributed by atoms with Crippen LogP contribution in [0.4, 0.5) is 0 Å². The van der Waals surface area contributed by atoms with Gasteiger partial charge in [0.25, 0.3) is 0 Å². The summed E-state index contributed by atoms with van der Waals surface area (Å²) in [5.41, 5.74) is 6.19.